The molecule has 0 saturated heterocycles. The van der Waals surface area contributed by atoms with E-state index in [0.717, 1.165) is 12.1 Å². The quantitative estimate of drug-likeness (QED) is 0.794. The highest BCUT2D eigenvalue weighted by molar-refractivity contribution is 7.92. The molecule has 0 radical (unpaired) electrons. The molecule has 1 aromatic heterocycles. The highest BCUT2D eigenvalue weighted by Crippen LogP contribution is 2.25. The molecular formula is C10H7ClFN3O4S. The number of nitrogens with zero attached hydrogens (tertiary/aromatic N) is 1. The van der Waals surface area contributed by atoms with Crippen molar-refractivity contribution in [2.24, 2.45) is 0 Å². The van der Waals surface area contributed by atoms with Gasteiger partial charge in [0.1, 0.15) is 4.90 Å². The molecule has 2 aromatic rings. The standard InChI is InChI=1S/C10H7ClFN3O4S/c11-5-3-6(9(16)17)8(12)7(4-5)20(18,19)15-10-13-1-2-14-10/h1-4H,(H,16,17)(H2,13,14,15). The molecule has 7 nitrogen and oxygen atoms in total. The van der Waals surface area contributed by atoms with Gasteiger partial charge in [0.05, 0.1) is 5.56 Å². The van der Waals surface area contributed by atoms with E-state index in [9.17, 15) is 17.6 Å². The van der Waals surface area contributed by atoms with Crippen LogP contribution in [0.5, 0.6) is 0 Å². The van der Waals surface area contributed by atoms with Crippen molar-refractivity contribution in [3.8, 4) is 0 Å². The molecular weight excluding hydrogens is 313 g/mol. The van der Waals surface area contributed by atoms with Gasteiger partial charge in [-0.3, -0.25) is 0 Å². The molecule has 20 heavy (non-hydrogen) atoms. The number of benzene rings is 1. The first-order chi connectivity index (χ1) is 9.31. The molecule has 0 amide bonds. The monoisotopic (exact) mass is 319 g/mol. The van der Waals surface area contributed by atoms with Crippen LogP contribution < -0.4 is 4.72 Å². The van der Waals surface area contributed by atoms with E-state index in [0.29, 0.717) is 0 Å². The molecule has 10 heteroatoms. The van der Waals surface area contributed by atoms with Crippen molar-refractivity contribution >= 4 is 33.5 Å². The fourth-order valence-corrected chi connectivity index (χ4v) is 2.81. The van der Waals surface area contributed by atoms with Crippen molar-refractivity contribution in [2.75, 3.05) is 4.72 Å². The zero-order chi connectivity index (χ0) is 14.9. The van der Waals surface area contributed by atoms with Gasteiger partial charge in [-0.15, -0.1) is 0 Å². The van der Waals surface area contributed by atoms with E-state index in [-0.39, 0.29) is 11.0 Å². The summed E-state index contributed by atoms with van der Waals surface area (Å²) < 4.78 is 39.9. The molecule has 0 atom stereocenters. The van der Waals surface area contributed by atoms with E-state index in [2.05, 4.69) is 9.97 Å². The topological polar surface area (TPSA) is 112 Å². The number of nitrogens with one attached hydrogen (secondary N) is 2. The molecule has 0 aliphatic rings. The van der Waals surface area contributed by atoms with Crippen LogP contribution in [0.3, 0.4) is 0 Å². The number of hydrogen-bond acceptors (Lipinski definition) is 4. The Hall–Kier alpha value is -2.13. The smallest absolute Gasteiger partial charge is 0.338 e. The fourth-order valence-electron chi connectivity index (χ4n) is 1.42. The summed E-state index contributed by atoms with van der Waals surface area (Å²) in [6, 6.07) is 1.64. The van der Waals surface area contributed by atoms with Crippen molar-refractivity contribution in [2.45, 2.75) is 4.90 Å². The number of aromatic nitrogens is 2. The normalized spacial score (nSPS) is 11.3. The second-order valence-electron chi connectivity index (χ2n) is 3.61. The van der Waals surface area contributed by atoms with E-state index in [1.54, 1.807) is 0 Å². The summed E-state index contributed by atoms with van der Waals surface area (Å²) in [4.78, 5) is 16.0. The van der Waals surface area contributed by atoms with Crippen LogP contribution in [0.2, 0.25) is 5.02 Å². The van der Waals surface area contributed by atoms with Gasteiger partial charge in [-0.25, -0.2) is 27.3 Å². The Morgan fingerprint density at radius 2 is 2.15 bits per heavy atom. The van der Waals surface area contributed by atoms with E-state index >= 15 is 0 Å². The van der Waals surface area contributed by atoms with Crippen LogP contribution in [0.1, 0.15) is 10.4 Å². The molecule has 0 bridgehead atoms. The maximum absolute atomic E-state index is 13.9. The number of carboxylic acids is 1. The van der Waals surface area contributed by atoms with Crippen LogP contribution in [0.25, 0.3) is 0 Å². The summed E-state index contributed by atoms with van der Waals surface area (Å²) in [6.07, 6.45) is 2.64. The first-order valence-electron chi connectivity index (χ1n) is 5.06. The largest absolute Gasteiger partial charge is 0.478 e. The Labute approximate surface area is 117 Å². The van der Waals surface area contributed by atoms with Crippen LogP contribution in [0, 0.1) is 5.82 Å². The minimum absolute atomic E-state index is 0.138. The van der Waals surface area contributed by atoms with E-state index in [1.807, 2.05) is 4.72 Å². The lowest BCUT2D eigenvalue weighted by Crippen LogP contribution is -2.17. The maximum atomic E-state index is 13.9. The number of hydrogen-bond donors (Lipinski definition) is 3. The second kappa shape index (κ2) is 5.10. The minimum Gasteiger partial charge on any atom is -0.478 e. The SMILES string of the molecule is O=C(O)c1cc(Cl)cc(S(=O)(=O)Nc2ncc[nH]2)c1F. The number of carbonyl (C=O) groups is 1. The van der Waals surface area contributed by atoms with E-state index in [4.69, 9.17) is 16.7 Å². The average Bonchev–Trinajstić information content (AvgIpc) is 2.83. The number of rotatable bonds is 4. The van der Waals surface area contributed by atoms with Gasteiger partial charge in [-0.05, 0) is 12.1 Å². The van der Waals surface area contributed by atoms with Crippen LogP contribution in [0.4, 0.5) is 10.3 Å². The van der Waals surface area contributed by atoms with Gasteiger partial charge in [-0.1, -0.05) is 11.6 Å². The van der Waals surface area contributed by atoms with Crippen molar-refractivity contribution in [3.63, 3.8) is 0 Å². The number of aromatic carboxylic acids is 1. The number of imidazole rings is 1. The predicted molar refractivity (Wildman–Crippen MR) is 67.8 cm³/mol. The zero-order valence-corrected chi connectivity index (χ0v) is 11.2. The highest BCUT2D eigenvalue weighted by atomic mass is 35.5. The lowest BCUT2D eigenvalue weighted by molar-refractivity contribution is 0.0691. The van der Waals surface area contributed by atoms with Gasteiger partial charge in [0.15, 0.2) is 5.82 Å². The molecule has 2 rings (SSSR count). The van der Waals surface area contributed by atoms with E-state index < -0.39 is 32.3 Å². The minimum atomic E-state index is -4.36. The Morgan fingerprint density at radius 1 is 1.45 bits per heavy atom. The number of halogens is 2. The van der Waals surface area contributed by atoms with Crippen LogP contribution >= 0.6 is 11.6 Å². The molecule has 0 aliphatic heterocycles. The van der Waals surface area contributed by atoms with Crippen molar-refractivity contribution in [1.29, 1.82) is 0 Å². The summed E-state index contributed by atoms with van der Waals surface area (Å²) in [5.74, 6) is -3.17. The van der Waals surface area contributed by atoms with Gasteiger partial charge in [0.2, 0.25) is 5.95 Å². The number of H-pyrrole nitrogens is 1. The molecule has 1 heterocycles. The average molecular weight is 320 g/mol. The van der Waals surface area contributed by atoms with Crippen LogP contribution in [-0.2, 0) is 10.0 Å². The third-order valence-electron chi connectivity index (χ3n) is 2.25. The summed E-state index contributed by atoms with van der Waals surface area (Å²) >= 11 is 5.61. The molecule has 0 fully saturated rings. The van der Waals surface area contributed by atoms with Crippen LogP contribution in [-0.4, -0.2) is 29.5 Å². The Kier molecular flexibility index (Phi) is 3.64. The number of carboxylic acid groups (broad SMARTS) is 1. The summed E-state index contributed by atoms with van der Waals surface area (Å²) in [6.45, 7) is 0. The summed E-state index contributed by atoms with van der Waals surface area (Å²) in [7, 11) is -4.36. The van der Waals surface area contributed by atoms with Crippen molar-refractivity contribution in [3.05, 3.63) is 40.9 Å². The molecule has 1 aromatic carbocycles. The summed E-state index contributed by atoms with van der Waals surface area (Å²) in [5.41, 5.74) is -0.836. The molecule has 0 aliphatic carbocycles. The molecule has 0 saturated carbocycles. The Bertz CT molecular complexity index is 761. The molecule has 0 unspecified atom stereocenters. The van der Waals surface area contributed by atoms with Gasteiger partial charge in [0, 0.05) is 17.4 Å². The lowest BCUT2D eigenvalue weighted by atomic mass is 10.2. The summed E-state index contributed by atoms with van der Waals surface area (Å²) in [5, 5.41) is 8.59. The molecule has 3 N–H and O–H groups in total. The van der Waals surface area contributed by atoms with Crippen molar-refractivity contribution in [1.82, 2.24) is 9.97 Å². The second-order valence-corrected chi connectivity index (χ2v) is 5.70. The van der Waals surface area contributed by atoms with Crippen molar-refractivity contribution < 1.29 is 22.7 Å². The molecule has 106 valence electrons. The van der Waals surface area contributed by atoms with E-state index in [1.165, 1.54) is 12.4 Å². The van der Waals surface area contributed by atoms with Gasteiger partial charge >= 0.3 is 5.97 Å². The zero-order valence-electron chi connectivity index (χ0n) is 9.59. The third kappa shape index (κ3) is 2.73. The predicted octanol–water partition coefficient (Wildman–Crippen LogP) is 1.70. The fraction of sp³-hybridized carbons (Fsp3) is 0. The number of sulfonamides is 1. The van der Waals surface area contributed by atoms with Gasteiger partial charge in [-0.2, -0.15) is 0 Å². The Morgan fingerprint density at radius 3 is 2.70 bits per heavy atom. The lowest BCUT2D eigenvalue weighted by Gasteiger charge is -2.08. The number of aromatic amines is 1. The highest BCUT2D eigenvalue weighted by Gasteiger charge is 2.25. The first kappa shape index (κ1) is 14.3. The first-order valence-corrected chi connectivity index (χ1v) is 6.92. The number of anilines is 1. The van der Waals surface area contributed by atoms with Gasteiger partial charge < -0.3 is 10.1 Å². The maximum Gasteiger partial charge on any atom is 0.338 e. The van der Waals surface area contributed by atoms with Crippen LogP contribution in [0.15, 0.2) is 29.4 Å². The molecule has 0 spiro atoms. The van der Waals surface area contributed by atoms with Gasteiger partial charge in [0.25, 0.3) is 10.0 Å². The third-order valence-corrected chi connectivity index (χ3v) is 3.81. The Balaban J connectivity index is 2.54.